The van der Waals surface area contributed by atoms with E-state index >= 15 is 0 Å². The number of pyridine rings is 1. The second-order valence-electron chi connectivity index (χ2n) is 4.60. The molecule has 0 radical (unpaired) electrons. The number of hydrogen-bond donors (Lipinski definition) is 3. The van der Waals surface area contributed by atoms with Crippen LogP contribution in [-0.2, 0) is 4.79 Å². The molecule has 0 spiro atoms. The quantitative estimate of drug-likeness (QED) is 0.788. The highest BCUT2D eigenvalue weighted by molar-refractivity contribution is 9.10. The molecule has 94 valence electrons. The minimum Gasteiger partial charge on any atom is -0.397 e. The van der Waals surface area contributed by atoms with Crippen molar-refractivity contribution in [2.45, 2.75) is 20.8 Å². The van der Waals surface area contributed by atoms with Crippen LogP contribution in [0, 0.1) is 12.3 Å². The molecule has 1 heterocycles. The fourth-order valence-electron chi connectivity index (χ4n) is 1.11. The Morgan fingerprint density at radius 1 is 1.59 bits per heavy atom. The average Bonchev–Trinajstić information content (AvgIpc) is 2.25. The van der Waals surface area contributed by atoms with E-state index in [1.807, 2.05) is 6.92 Å². The number of halogens is 1. The van der Waals surface area contributed by atoms with Crippen molar-refractivity contribution in [3.8, 4) is 0 Å². The van der Waals surface area contributed by atoms with Gasteiger partial charge in [0.1, 0.15) is 5.82 Å². The van der Waals surface area contributed by atoms with Crippen molar-refractivity contribution >= 4 is 33.3 Å². The van der Waals surface area contributed by atoms with Crippen LogP contribution in [0.5, 0.6) is 0 Å². The van der Waals surface area contributed by atoms with Gasteiger partial charge in [-0.3, -0.25) is 4.79 Å². The van der Waals surface area contributed by atoms with Gasteiger partial charge in [0.15, 0.2) is 0 Å². The summed E-state index contributed by atoms with van der Waals surface area (Å²) in [5.41, 5.74) is 11.9. The van der Waals surface area contributed by atoms with Gasteiger partial charge in [0.05, 0.1) is 21.8 Å². The minimum atomic E-state index is -0.629. The predicted molar refractivity (Wildman–Crippen MR) is 72.6 cm³/mol. The molecule has 1 rings (SSSR count). The number of nitrogens with zero attached hydrogens (tertiary/aromatic N) is 1. The predicted octanol–water partition coefficient (Wildman–Crippen LogP) is 1.66. The molecule has 17 heavy (non-hydrogen) atoms. The van der Waals surface area contributed by atoms with E-state index in [0.29, 0.717) is 18.1 Å². The molecule has 0 atom stereocenters. The first-order valence-corrected chi connectivity index (χ1v) is 5.99. The maximum atomic E-state index is 11.2. The Morgan fingerprint density at radius 2 is 2.18 bits per heavy atom. The summed E-state index contributed by atoms with van der Waals surface area (Å²) in [6, 6.07) is 0. The summed E-state index contributed by atoms with van der Waals surface area (Å²) in [6.45, 7) is 5.86. The number of amides is 1. The largest absolute Gasteiger partial charge is 0.397 e. The smallest absolute Gasteiger partial charge is 0.224 e. The van der Waals surface area contributed by atoms with Crippen LogP contribution in [-0.4, -0.2) is 17.4 Å². The van der Waals surface area contributed by atoms with Gasteiger partial charge in [0.2, 0.25) is 5.91 Å². The van der Waals surface area contributed by atoms with E-state index in [9.17, 15) is 4.79 Å². The number of nitrogen functional groups attached to an aromatic ring is 1. The van der Waals surface area contributed by atoms with E-state index in [2.05, 4.69) is 26.2 Å². The van der Waals surface area contributed by atoms with E-state index in [1.54, 1.807) is 20.0 Å². The van der Waals surface area contributed by atoms with Crippen LogP contribution in [0.4, 0.5) is 11.5 Å². The number of rotatable bonds is 4. The number of carbonyl (C=O) groups is 1. The van der Waals surface area contributed by atoms with E-state index in [0.717, 1.165) is 10.0 Å². The van der Waals surface area contributed by atoms with E-state index < -0.39 is 5.41 Å². The SMILES string of the molecule is Cc1c(N)cnc(NCC(C)(C)C(N)=O)c1Br. The number of carbonyl (C=O) groups excluding carboxylic acids is 1. The van der Waals surface area contributed by atoms with Crippen LogP contribution in [0.3, 0.4) is 0 Å². The van der Waals surface area contributed by atoms with Gasteiger partial charge < -0.3 is 16.8 Å². The molecule has 1 amide bonds. The minimum absolute atomic E-state index is 0.353. The summed E-state index contributed by atoms with van der Waals surface area (Å²) in [7, 11) is 0. The van der Waals surface area contributed by atoms with Gasteiger partial charge in [-0.05, 0) is 42.3 Å². The number of nitrogens with one attached hydrogen (secondary N) is 1. The Hall–Kier alpha value is -1.30. The molecule has 5 nitrogen and oxygen atoms in total. The zero-order valence-corrected chi connectivity index (χ0v) is 11.8. The standard InChI is InChI=1S/C11H17BrN4O/c1-6-7(13)4-15-9(8(6)12)16-5-11(2,3)10(14)17/h4H,5,13H2,1-3H3,(H2,14,17)(H,15,16). The topological polar surface area (TPSA) is 94.0 Å². The first kappa shape index (κ1) is 13.8. The van der Waals surface area contributed by atoms with Crippen molar-refractivity contribution in [3.05, 3.63) is 16.2 Å². The van der Waals surface area contributed by atoms with Crippen LogP contribution in [0.1, 0.15) is 19.4 Å². The average molecular weight is 301 g/mol. The molecular weight excluding hydrogens is 284 g/mol. The molecule has 0 saturated carbocycles. The molecule has 0 aliphatic carbocycles. The lowest BCUT2D eigenvalue weighted by atomic mass is 9.93. The molecule has 1 aromatic heterocycles. The van der Waals surface area contributed by atoms with E-state index in [-0.39, 0.29) is 5.91 Å². The summed E-state index contributed by atoms with van der Waals surface area (Å²) < 4.78 is 0.803. The van der Waals surface area contributed by atoms with Crippen molar-refractivity contribution in [1.82, 2.24) is 4.98 Å². The zero-order valence-electron chi connectivity index (χ0n) is 10.2. The molecule has 0 aliphatic rings. The molecule has 6 heteroatoms. The summed E-state index contributed by atoms with van der Waals surface area (Å²) in [6.07, 6.45) is 1.58. The molecule has 1 aromatic rings. The highest BCUT2D eigenvalue weighted by Crippen LogP contribution is 2.28. The van der Waals surface area contributed by atoms with Gasteiger partial charge >= 0.3 is 0 Å². The molecule has 0 aromatic carbocycles. The Balaban J connectivity index is 2.84. The number of hydrogen-bond acceptors (Lipinski definition) is 4. The molecular formula is C11H17BrN4O. The lowest BCUT2D eigenvalue weighted by Crippen LogP contribution is -2.37. The normalized spacial score (nSPS) is 11.3. The molecule has 0 saturated heterocycles. The van der Waals surface area contributed by atoms with Gasteiger partial charge in [-0.1, -0.05) is 0 Å². The Labute approximate surface area is 109 Å². The summed E-state index contributed by atoms with van der Waals surface area (Å²) in [5, 5.41) is 3.09. The first-order chi connectivity index (χ1) is 7.75. The second-order valence-corrected chi connectivity index (χ2v) is 5.40. The summed E-state index contributed by atoms with van der Waals surface area (Å²) in [4.78, 5) is 15.3. The number of anilines is 2. The van der Waals surface area contributed by atoms with Gasteiger partial charge in [0, 0.05) is 6.54 Å². The lowest BCUT2D eigenvalue weighted by Gasteiger charge is -2.21. The number of primary amides is 1. The van der Waals surface area contributed by atoms with Crippen molar-refractivity contribution < 1.29 is 4.79 Å². The fraction of sp³-hybridized carbons (Fsp3) is 0.455. The van der Waals surface area contributed by atoms with Gasteiger partial charge in [-0.15, -0.1) is 0 Å². The highest BCUT2D eigenvalue weighted by Gasteiger charge is 2.25. The van der Waals surface area contributed by atoms with Gasteiger partial charge in [-0.2, -0.15) is 0 Å². The molecule has 0 unspecified atom stereocenters. The maximum absolute atomic E-state index is 11.2. The van der Waals surface area contributed by atoms with Crippen molar-refractivity contribution in [2.24, 2.45) is 11.1 Å². The van der Waals surface area contributed by atoms with Crippen molar-refractivity contribution in [3.63, 3.8) is 0 Å². The molecule has 5 N–H and O–H groups in total. The second kappa shape index (κ2) is 4.91. The Bertz CT molecular complexity index is 445. The zero-order chi connectivity index (χ0) is 13.2. The number of nitrogens with two attached hydrogens (primary N) is 2. The monoisotopic (exact) mass is 300 g/mol. The summed E-state index contributed by atoms with van der Waals surface area (Å²) >= 11 is 3.41. The maximum Gasteiger partial charge on any atom is 0.224 e. The van der Waals surface area contributed by atoms with Crippen LogP contribution in [0.15, 0.2) is 10.7 Å². The van der Waals surface area contributed by atoms with Crippen molar-refractivity contribution in [2.75, 3.05) is 17.6 Å². The highest BCUT2D eigenvalue weighted by atomic mass is 79.9. The molecule has 0 aliphatic heterocycles. The fourth-order valence-corrected chi connectivity index (χ4v) is 1.58. The molecule has 0 bridgehead atoms. The summed E-state index contributed by atoms with van der Waals surface area (Å²) in [5.74, 6) is 0.305. The van der Waals surface area contributed by atoms with Gasteiger partial charge in [-0.25, -0.2) is 4.98 Å². The van der Waals surface area contributed by atoms with Crippen LogP contribution < -0.4 is 16.8 Å². The Kier molecular flexibility index (Phi) is 3.98. The van der Waals surface area contributed by atoms with Crippen LogP contribution in [0.25, 0.3) is 0 Å². The molecule has 0 fully saturated rings. The van der Waals surface area contributed by atoms with Gasteiger partial charge in [0.25, 0.3) is 0 Å². The lowest BCUT2D eigenvalue weighted by molar-refractivity contribution is -0.125. The van der Waals surface area contributed by atoms with Crippen LogP contribution >= 0.6 is 15.9 Å². The third-order valence-electron chi connectivity index (χ3n) is 2.67. The first-order valence-electron chi connectivity index (χ1n) is 5.20. The third kappa shape index (κ3) is 3.09. The van der Waals surface area contributed by atoms with E-state index in [1.165, 1.54) is 0 Å². The van der Waals surface area contributed by atoms with Crippen LogP contribution in [0.2, 0.25) is 0 Å². The Morgan fingerprint density at radius 3 is 2.71 bits per heavy atom. The third-order valence-corrected chi connectivity index (χ3v) is 3.64. The van der Waals surface area contributed by atoms with E-state index in [4.69, 9.17) is 11.5 Å². The van der Waals surface area contributed by atoms with Crippen molar-refractivity contribution in [1.29, 1.82) is 0 Å². The number of aromatic nitrogens is 1.